The molecule has 34 heavy (non-hydrogen) atoms. The van der Waals surface area contributed by atoms with Crippen molar-refractivity contribution < 1.29 is 22.7 Å². The number of halogens is 2. The molecule has 3 aromatic rings. The van der Waals surface area contributed by atoms with E-state index < -0.39 is 17.7 Å². The first-order valence-corrected chi connectivity index (χ1v) is 11.0. The van der Waals surface area contributed by atoms with Crippen LogP contribution >= 0.6 is 0 Å². The van der Waals surface area contributed by atoms with Gasteiger partial charge in [0.15, 0.2) is 11.3 Å². The highest BCUT2D eigenvalue weighted by Gasteiger charge is 2.25. The summed E-state index contributed by atoms with van der Waals surface area (Å²) in [6.45, 7) is 5.34. The second-order valence-electron chi connectivity index (χ2n) is 8.73. The Bertz CT molecular complexity index is 1270. The highest BCUT2D eigenvalue weighted by Crippen LogP contribution is 2.31. The number of amides is 1. The number of nitrogens with zero attached hydrogens (tertiary/aromatic N) is 2. The average molecular weight is 472 g/mol. The molecule has 2 heterocycles. The first kappa shape index (κ1) is 23.7. The molecule has 1 aliphatic heterocycles. The zero-order valence-corrected chi connectivity index (χ0v) is 19.5. The Morgan fingerprint density at radius 1 is 1.15 bits per heavy atom. The Morgan fingerprint density at radius 2 is 1.85 bits per heavy atom. The van der Waals surface area contributed by atoms with Crippen LogP contribution < -0.4 is 15.6 Å². The summed E-state index contributed by atoms with van der Waals surface area (Å²) in [7, 11) is 3.24. The van der Waals surface area contributed by atoms with Crippen LogP contribution in [0.5, 0.6) is 0 Å². The predicted molar refractivity (Wildman–Crippen MR) is 127 cm³/mol. The third-order valence-corrected chi connectivity index (χ3v) is 5.86. The first-order valence-electron chi connectivity index (χ1n) is 11.0. The molecule has 1 aliphatic rings. The summed E-state index contributed by atoms with van der Waals surface area (Å²) in [4.78, 5) is 29.3. The van der Waals surface area contributed by atoms with E-state index in [1.54, 1.807) is 27.1 Å². The summed E-state index contributed by atoms with van der Waals surface area (Å²) in [5.41, 5.74) is 1.09. The molecule has 180 valence electrons. The minimum atomic E-state index is -0.716. The average Bonchev–Trinajstić information content (AvgIpc) is 2.77. The molecule has 1 fully saturated rings. The number of nitrogens with one attached hydrogen (secondary N) is 1. The maximum absolute atomic E-state index is 13.7. The van der Waals surface area contributed by atoms with Crippen LogP contribution in [0, 0.1) is 11.6 Å². The molecule has 4 rings (SSSR count). The van der Waals surface area contributed by atoms with Gasteiger partial charge in [0.1, 0.15) is 17.2 Å². The maximum Gasteiger partial charge on any atom is 0.253 e. The van der Waals surface area contributed by atoms with Gasteiger partial charge < -0.3 is 24.3 Å². The van der Waals surface area contributed by atoms with E-state index in [9.17, 15) is 18.4 Å². The number of hydrogen-bond donors (Lipinski definition) is 1. The summed E-state index contributed by atoms with van der Waals surface area (Å²) < 4.78 is 39.2. The molecule has 1 aromatic heterocycles. The number of morpholine rings is 1. The number of fused-ring (bicyclic) bond motifs is 1. The second kappa shape index (κ2) is 9.42. The Labute approximate surface area is 195 Å². The zero-order valence-electron chi connectivity index (χ0n) is 19.5. The van der Waals surface area contributed by atoms with Crippen molar-refractivity contribution in [3.63, 3.8) is 0 Å². The van der Waals surface area contributed by atoms with E-state index in [2.05, 4.69) is 5.32 Å². The maximum atomic E-state index is 13.7. The van der Waals surface area contributed by atoms with Crippen molar-refractivity contribution >= 4 is 28.4 Å². The number of carbonyl (C=O) groups is 1. The van der Waals surface area contributed by atoms with Gasteiger partial charge in [0.25, 0.3) is 5.91 Å². The number of rotatable bonds is 5. The van der Waals surface area contributed by atoms with Gasteiger partial charge in [0.05, 0.1) is 30.7 Å². The Hall–Kier alpha value is -3.46. The summed E-state index contributed by atoms with van der Waals surface area (Å²) in [5.74, 6) is -1.31. The third kappa shape index (κ3) is 4.75. The molecule has 9 heteroatoms. The molecule has 0 spiro atoms. The number of anilines is 2. The molecule has 1 saturated heterocycles. The van der Waals surface area contributed by atoms with Crippen molar-refractivity contribution in [2.24, 2.45) is 0 Å². The minimum Gasteiger partial charge on any atom is -0.440 e. The molecule has 1 amide bonds. The molecule has 0 radical (unpaired) electrons. The molecule has 2 atom stereocenters. The summed E-state index contributed by atoms with van der Waals surface area (Å²) in [6, 6.07) is 7.20. The number of benzene rings is 2. The smallest absolute Gasteiger partial charge is 0.253 e. The van der Waals surface area contributed by atoms with Crippen LogP contribution in [0.4, 0.5) is 20.4 Å². The van der Waals surface area contributed by atoms with E-state index in [0.717, 1.165) is 6.07 Å². The first-order chi connectivity index (χ1) is 16.1. The fraction of sp³-hybridized carbons (Fsp3) is 0.360. The van der Waals surface area contributed by atoms with Gasteiger partial charge in [-0.05, 0) is 38.1 Å². The van der Waals surface area contributed by atoms with Gasteiger partial charge in [-0.2, -0.15) is 0 Å². The lowest BCUT2D eigenvalue weighted by Gasteiger charge is -2.33. The van der Waals surface area contributed by atoms with E-state index >= 15 is 0 Å². The quantitative estimate of drug-likeness (QED) is 0.602. The van der Waals surface area contributed by atoms with E-state index in [0.29, 0.717) is 42.4 Å². The van der Waals surface area contributed by atoms with E-state index in [1.807, 2.05) is 11.8 Å². The standard InChI is InChI=1S/C25H27F2N3O4/c1-14-13-33-6-5-30(14)23-12-22(31)21-8-16(25(32)29(3)4)7-20(24(21)34-23)15(2)28-19-10-17(26)9-18(27)11-19/h7-12,14-15,28H,5-6,13H2,1-4H3/t14-,15-/m0/s1. The van der Waals surface area contributed by atoms with E-state index in [1.165, 1.54) is 29.2 Å². The van der Waals surface area contributed by atoms with Gasteiger partial charge in [-0.25, -0.2) is 8.78 Å². The Morgan fingerprint density at radius 3 is 2.50 bits per heavy atom. The lowest BCUT2D eigenvalue weighted by molar-refractivity contribution is 0.0827. The van der Waals surface area contributed by atoms with Crippen LogP contribution in [-0.2, 0) is 4.74 Å². The second-order valence-corrected chi connectivity index (χ2v) is 8.73. The van der Waals surface area contributed by atoms with E-state index in [-0.39, 0.29) is 28.5 Å². The van der Waals surface area contributed by atoms with Crippen molar-refractivity contribution in [3.8, 4) is 0 Å². The highest BCUT2D eigenvalue weighted by molar-refractivity contribution is 5.98. The lowest BCUT2D eigenvalue weighted by Crippen LogP contribution is -2.44. The molecule has 2 aromatic carbocycles. The largest absolute Gasteiger partial charge is 0.440 e. The summed E-state index contributed by atoms with van der Waals surface area (Å²) in [6.07, 6.45) is 0. The Balaban J connectivity index is 1.86. The van der Waals surface area contributed by atoms with Crippen LogP contribution in [0.1, 0.15) is 35.8 Å². The summed E-state index contributed by atoms with van der Waals surface area (Å²) >= 11 is 0. The molecule has 0 saturated carbocycles. The van der Waals surface area contributed by atoms with Crippen LogP contribution in [0.25, 0.3) is 11.0 Å². The van der Waals surface area contributed by atoms with Crippen molar-refractivity contribution in [1.82, 2.24) is 4.90 Å². The molecule has 7 nitrogen and oxygen atoms in total. The number of hydrogen-bond acceptors (Lipinski definition) is 6. The SMILES string of the molecule is C[C@H](Nc1cc(F)cc(F)c1)c1cc(C(=O)N(C)C)cc2c(=O)cc(N3CCOC[C@@H]3C)oc12. The van der Waals surface area contributed by atoms with Crippen LogP contribution in [0.3, 0.4) is 0 Å². The predicted octanol–water partition coefficient (Wildman–Crippen LogP) is 4.17. The van der Waals surface area contributed by atoms with E-state index in [4.69, 9.17) is 9.15 Å². The molecular formula is C25H27F2N3O4. The zero-order chi connectivity index (χ0) is 24.6. The fourth-order valence-electron chi connectivity index (χ4n) is 4.14. The van der Waals surface area contributed by atoms with Crippen LogP contribution in [0.15, 0.2) is 45.6 Å². The van der Waals surface area contributed by atoms with Crippen LogP contribution in [0.2, 0.25) is 0 Å². The van der Waals surface area contributed by atoms with Gasteiger partial charge in [-0.15, -0.1) is 0 Å². The minimum absolute atomic E-state index is 0.0122. The molecule has 1 N–H and O–H groups in total. The lowest BCUT2D eigenvalue weighted by atomic mass is 9.99. The third-order valence-electron chi connectivity index (χ3n) is 5.86. The van der Waals surface area contributed by atoms with Gasteiger partial charge in [-0.3, -0.25) is 9.59 Å². The number of carbonyl (C=O) groups excluding carboxylic acids is 1. The normalized spacial score (nSPS) is 17.0. The monoisotopic (exact) mass is 471 g/mol. The van der Waals surface area contributed by atoms with Crippen molar-refractivity contribution in [1.29, 1.82) is 0 Å². The summed E-state index contributed by atoms with van der Waals surface area (Å²) in [5, 5.41) is 3.31. The van der Waals surface area contributed by atoms with Gasteiger partial charge in [0.2, 0.25) is 0 Å². The van der Waals surface area contributed by atoms with Gasteiger partial charge in [-0.1, -0.05) is 0 Å². The fourth-order valence-corrected chi connectivity index (χ4v) is 4.14. The Kier molecular flexibility index (Phi) is 6.56. The van der Waals surface area contributed by atoms with Crippen molar-refractivity contribution in [2.45, 2.75) is 25.9 Å². The van der Waals surface area contributed by atoms with Gasteiger partial charge in [0, 0.05) is 49.6 Å². The molecular weight excluding hydrogens is 444 g/mol. The van der Waals surface area contributed by atoms with Gasteiger partial charge >= 0.3 is 0 Å². The highest BCUT2D eigenvalue weighted by atomic mass is 19.1. The molecule has 0 aliphatic carbocycles. The van der Waals surface area contributed by atoms with Crippen molar-refractivity contribution in [2.75, 3.05) is 44.1 Å². The molecule has 0 bridgehead atoms. The van der Waals surface area contributed by atoms with Crippen LogP contribution in [-0.4, -0.2) is 50.7 Å². The number of ether oxygens (including phenoxy) is 1. The van der Waals surface area contributed by atoms with Crippen molar-refractivity contribution in [3.05, 3.63) is 69.4 Å². The topological polar surface area (TPSA) is 75.0 Å². The molecule has 0 unspecified atom stereocenters.